The summed E-state index contributed by atoms with van der Waals surface area (Å²) in [7, 11) is 0. The quantitative estimate of drug-likeness (QED) is 0.268. The van der Waals surface area contributed by atoms with Crippen molar-refractivity contribution in [2.24, 2.45) is 0 Å². The van der Waals surface area contributed by atoms with Gasteiger partial charge in [0.1, 0.15) is 25.4 Å². The molecular weight excluding hydrogens is 332 g/mol. The van der Waals surface area contributed by atoms with Crippen molar-refractivity contribution in [3.63, 3.8) is 0 Å². The molecule has 2 atom stereocenters. The van der Waals surface area contributed by atoms with Crippen LogP contribution in [0.4, 0.5) is 0 Å². The van der Waals surface area contributed by atoms with E-state index in [2.05, 4.69) is 6.92 Å². The zero-order valence-electron chi connectivity index (χ0n) is 15.0. The zero-order valence-corrected chi connectivity index (χ0v) is 15.0. The number of aliphatic hydroxyl groups is 3. The van der Waals surface area contributed by atoms with Gasteiger partial charge in [0.25, 0.3) is 0 Å². The lowest BCUT2D eigenvalue weighted by Gasteiger charge is -2.12. The van der Waals surface area contributed by atoms with Crippen LogP contribution in [0.5, 0.6) is 0 Å². The topological polar surface area (TPSA) is 123 Å². The highest BCUT2D eigenvalue weighted by Gasteiger charge is 2.11. The van der Waals surface area contributed by atoms with Gasteiger partial charge < -0.3 is 29.5 Å². The Balaban J connectivity index is 3.52. The number of hydrogen-bond donors (Lipinski definition) is 3. The molecule has 25 heavy (non-hydrogen) atoms. The van der Waals surface area contributed by atoms with Gasteiger partial charge in [-0.25, -0.2) is 0 Å². The SMILES string of the molecule is CCCCCOCC(O)COC(=O)CCCCC(=O)OCC(O)CO. The number of carbonyl (C=O) groups excluding carboxylic acids is 2. The molecule has 3 N–H and O–H groups in total. The Morgan fingerprint density at radius 1 is 0.840 bits per heavy atom. The van der Waals surface area contributed by atoms with Gasteiger partial charge >= 0.3 is 11.9 Å². The van der Waals surface area contributed by atoms with Crippen molar-refractivity contribution in [3.8, 4) is 0 Å². The monoisotopic (exact) mass is 364 g/mol. The minimum atomic E-state index is -1.07. The molecule has 0 spiro atoms. The highest BCUT2D eigenvalue weighted by molar-refractivity contribution is 5.70. The third-order valence-electron chi connectivity index (χ3n) is 3.30. The minimum Gasteiger partial charge on any atom is -0.463 e. The molecule has 0 saturated heterocycles. The Kier molecular flexibility index (Phi) is 15.5. The zero-order chi connectivity index (χ0) is 18.9. The van der Waals surface area contributed by atoms with Crippen molar-refractivity contribution < 1.29 is 39.1 Å². The molecule has 0 aliphatic carbocycles. The van der Waals surface area contributed by atoms with E-state index in [1.54, 1.807) is 0 Å². The van der Waals surface area contributed by atoms with Crippen LogP contribution in [0, 0.1) is 0 Å². The van der Waals surface area contributed by atoms with Gasteiger partial charge in [0, 0.05) is 19.4 Å². The average molecular weight is 364 g/mol. The van der Waals surface area contributed by atoms with Gasteiger partial charge in [-0.1, -0.05) is 19.8 Å². The fraction of sp³-hybridized carbons (Fsp3) is 0.882. The predicted molar refractivity (Wildman–Crippen MR) is 89.8 cm³/mol. The van der Waals surface area contributed by atoms with Crippen LogP contribution in [0.2, 0.25) is 0 Å². The van der Waals surface area contributed by atoms with Gasteiger partial charge in [0.15, 0.2) is 0 Å². The van der Waals surface area contributed by atoms with E-state index in [1.165, 1.54) is 0 Å². The summed E-state index contributed by atoms with van der Waals surface area (Å²) in [6, 6.07) is 0. The van der Waals surface area contributed by atoms with Gasteiger partial charge in [-0.3, -0.25) is 9.59 Å². The number of rotatable bonds is 16. The number of ether oxygens (including phenoxy) is 3. The van der Waals surface area contributed by atoms with E-state index in [4.69, 9.17) is 24.4 Å². The number of hydrogen-bond acceptors (Lipinski definition) is 8. The van der Waals surface area contributed by atoms with Gasteiger partial charge in [-0.15, -0.1) is 0 Å². The number of unbranched alkanes of at least 4 members (excludes halogenated alkanes) is 3. The van der Waals surface area contributed by atoms with Crippen LogP contribution in [-0.4, -0.2) is 72.5 Å². The van der Waals surface area contributed by atoms with E-state index < -0.39 is 30.8 Å². The van der Waals surface area contributed by atoms with E-state index in [9.17, 15) is 14.7 Å². The van der Waals surface area contributed by atoms with Crippen molar-refractivity contribution in [2.75, 3.05) is 33.0 Å². The third-order valence-corrected chi connectivity index (χ3v) is 3.30. The molecule has 8 nitrogen and oxygen atoms in total. The highest BCUT2D eigenvalue weighted by Crippen LogP contribution is 2.04. The molecule has 0 fully saturated rings. The summed E-state index contributed by atoms with van der Waals surface area (Å²) in [5.74, 6) is -0.925. The fourth-order valence-electron chi connectivity index (χ4n) is 1.84. The Labute approximate surface area is 149 Å². The van der Waals surface area contributed by atoms with Crippen molar-refractivity contribution in [1.82, 2.24) is 0 Å². The summed E-state index contributed by atoms with van der Waals surface area (Å²) in [5, 5.41) is 27.2. The molecule has 0 aliphatic rings. The van der Waals surface area contributed by atoms with Gasteiger partial charge in [0.05, 0.1) is 13.2 Å². The molecular formula is C17H32O8. The molecule has 0 rings (SSSR count). The van der Waals surface area contributed by atoms with Gasteiger partial charge in [-0.2, -0.15) is 0 Å². The molecule has 0 bridgehead atoms. The van der Waals surface area contributed by atoms with Crippen LogP contribution in [0.15, 0.2) is 0 Å². The number of carbonyl (C=O) groups is 2. The van der Waals surface area contributed by atoms with Crippen LogP contribution >= 0.6 is 0 Å². The van der Waals surface area contributed by atoms with E-state index in [1.807, 2.05) is 0 Å². The summed E-state index contributed by atoms with van der Waals surface area (Å²) in [6.45, 7) is 2.02. The summed E-state index contributed by atoms with van der Waals surface area (Å²) < 4.78 is 14.9. The normalized spacial score (nSPS) is 13.3. The maximum atomic E-state index is 11.5. The smallest absolute Gasteiger partial charge is 0.305 e. The summed E-state index contributed by atoms with van der Waals surface area (Å²) in [6.07, 6.45) is 2.42. The first-order valence-corrected chi connectivity index (χ1v) is 8.85. The largest absolute Gasteiger partial charge is 0.463 e. The molecule has 148 valence electrons. The molecule has 0 heterocycles. The molecule has 0 amide bonds. The summed E-state index contributed by atoms with van der Waals surface area (Å²) in [4.78, 5) is 22.8. The van der Waals surface area contributed by atoms with Crippen LogP contribution in [0.25, 0.3) is 0 Å². The van der Waals surface area contributed by atoms with E-state index >= 15 is 0 Å². The van der Waals surface area contributed by atoms with Crippen molar-refractivity contribution >= 4 is 11.9 Å². The fourth-order valence-corrected chi connectivity index (χ4v) is 1.84. The van der Waals surface area contributed by atoms with Crippen LogP contribution in [0.3, 0.4) is 0 Å². The lowest BCUT2D eigenvalue weighted by Crippen LogP contribution is -2.24. The molecule has 0 radical (unpaired) electrons. The maximum absolute atomic E-state index is 11.5. The summed E-state index contributed by atoms with van der Waals surface area (Å²) in [5.41, 5.74) is 0. The second kappa shape index (κ2) is 16.3. The van der Waals surface area contributed by atoms with E-state index in [-0.39, 0.29) is 32.7 Å². The van der Waals surface area contributed by atoms with Crippen LogP contribution in [0.1, 0.15) is 51.9 Å². The highest BCUT2D eigenvalue weighted by atomic mass is 16.6. The molecule has 2 unspecified atom stereocenters. The van der Waals surface area contributed by atoms with Gasteiger partial charge in [0.2, 0.25) is 0 Å². The number of aliphatic hydroxyl groups excluding tert-OH is 3. The second-order valence-corrected chi connectivity index (χ2v) is 5.85. The Morgan fingerprint density at radius 3 is 1.92 bits per heavy atom. The first-order valence-electron chi connectivity index (χ1n) is 8.85. The first kappa shape index (κ1) is 23.8. The molecule has 0 aromatic rings. The predicted octanol–water partition coefficient (Wildman–Crippen LogP) is 0.554. The lowest BCUT2D eigenvalue weighted by atomic mass is 10.2. The molecule has 0 aliphatic heterocycles. The molecule has 0 aromatic heterocycles. The van der Waals surface area contributed by atoms with Crippen molar-refractivity contribution in [1.29, 1.82) is 0 Å². The van der Waals surface area contributed by atoms with E-state index in [0.29, 0.717) is 19.4 Å². The third kappa shape index (κ3) is 16.0. The average Bonchev–Trinajstić information content (AvgIpc) is 2.61. The molecule has 8 heteroatoms. The van der Waals surface area contributed by atoms with Crippen molar-refractivity contribution in [3.05, 3.63) is 0 Å². The lowest BCUT2D eigenvalue weighted by molar-refractivity contribution is -0.149. The van der Waals surface area contributed by atoms with Crippen LogP contribution < -0.4 is 0 Å². The Hall–Kier alpha value is -1.22. The minimum absolute atomic E-state index is 0.103. The standard InChI is InChI=1S/C17H32O8/c1-2-3-6-9-23-11-15(20)13-25-17(22)8-5-4-7-16(21)24-12-14(19)10-18/h14-15,18-20H,2-13H2,1H3. The Morgan fingerprint density at radius 2 is 1.40 bits per heavy atom. The Bertz CT molecular complexity index is 348. The molecule has 0 aromatic carbocycles. The maximum Gasteiger partial charge on any atom is 0.305 e. The van der Waals surface area contributed by atoms with Crippen molar-refractivity contribution in [2.45, 2.75) is 64.1 Å². The first-order chi connectivity index (χ1) is 12.0. The van der Waals surface area contributed by atoms with Crippen LogP contribution in [-0.2, 0) is 23.8 Å². The van der Waals surface area contributed by atoms with E-state index in [0.717, 1.165) is 19.3 Å². The van der Waals surface area contributed by atoms with Gasteiger partial charge in [-0.05, 0) is 19.3 Å². The molecule has 0 saturated carbocycles. The second-order valence-electron chi connectivity index (χ2n) is 5.85. The summed E-state index contributed by atoms with van der Waals surface area (Å²) >= 11 is 0. The number of esters is 2.